The van der Waals surface area contributed by atoms with Crippen LogP contribution >= 0.6 is 0 Å². The average molecular weight is 438 g/mol. The summed E-state index contributed by atoms with van der Waals surface area (Å²) in [7, 11) is 0. The zero-order valence-corrected chi connectivity index (χ0v) is 19.3. The highest BCUT2D eigenvalue weighted by atomic mass is 19.3. The fraction of sp³-hybridized carbons (Fsp3) is 0.846. The van der Waals surface area contributed by atoms with Crippen LogP contribution in [0.15, 0.2) is 23.3 Å². The second kappa shape index (κ2) is 9.61. The Labute approximate surface area is 186 Å². The maximum atomic E-state index is 13.1. The van der Waals surface area contributed by atoms with Crippen molar-refractivity contribution in [3.8, 4) is 0 Å². The number of alkyl halides is 2. The van der Waals surface area contributed by atoms with Gasteiger partial charge in [-0.2, -0.15) is 0 Å². The highest BCUT2D eigenvalue weighted by Crippen LogP contribution is 2.59. The molecule has 4 fully saturated rings. The van der Waals surface area contributed by atoms with Crippen molar-refractivity contribution in [1.82, 2.24) is 4.90 Å². The van der Waals surface area contributed by atoms with E-state index in [0.29, 0.717) is 55.4 Å². The monoisotopic (exact) mass is 437 g/mol. The third kappa shape index (κ3) is 5.09. The second-order valence-electron chi connectivity index (χ2n) is 11.2. The van der Waals surface area contributed by atoms with E-state index in [2.05, 4.69) is 30.9 Å². The first-order valence-electron chi connectivity index (χ1n) is 12.5. The largest absolute Gasteiger partial charge is 0.393 e. The lowest BCUT2D eigenvalue weighted by Gasteiger charge is -2.45. The van der Waals surface area contributed by atoms with Crippen LogP contribution in [0.1, 0.15) is 71.6 Å². The number of nitrogens with zero attached hydrogens (tertiary/aromatic N) is 1. The summed E-state index contributed by atoms with van der Waals surface area (Å²) in [6.45, 7) is 7.16. The van der Waals surface area contributed by atoms with Gasteiger partial charge < -0.3 is 15.1 Å². The van der Waals surface area contributed by atoms with Crippen LogP contribution in [0.2, 0.25) is 0 Å². The summed E-state index contributed by atoms with van der Waals surface area (Å²) >= 11 is 0. The Morgan fingerprint density at radius 1 is 1.13 bits per heavy atom. The molecule has 2 N–H and O–H groups in total. The van der Waals surface area contributed by atoms with Crippen molar-refractivity contribution in [1.29, 1.82) is 0 Å². The van der Waals surface area contributed by atoms with Crippen molar-refractivity contribution in [2.45, 2.75) is 90.3 Å². The molecule has 0 aromatic heterocycles. The van der Waals surface area contributed by atoms with Crippen LogP contribution < -0.4 is 0 Å². The van der Waals surface area contributed by atoms with Gasteiger partial charge >= 0.3 is 0 Å². The number of hydrogen-bond acceptors (Lipinski definition) is 3. The fourth-order valence-electron chi connectivity index (χ4n) is 7.51. The van der Waals surface area contributed by atoms with Gasteiger partial charge in [0, 0.05) is 19.0 Å². The summed E-state index contributed by atoms with van der Waals surface area (Å²) in [6.07, 6.45) is 10.0. The van der Waals surface area contributed by atoms with E-state index in [0.717, 1.165) is 25.1 Å². The third-order valence-corrected chi connectivity index (χ3v) is 9.01. The van der Waals surface area contributed by atoms with Gasteiger partial charge in [0.15, 0.2) is 0 Å². The lowest BCUT2D eigenvalue weighted by Crippen LogP contribution is -2.39. The van der Waals surface area contributed by atoms with E-state index in [1.165, 1.54) is 25.7 Å². The lowest BCUT2D eigenvalue weighted by atomic mass is 9.61. The summed E-state index contributed by atoms with van der Waals surface area (Å²) in [5, 5.41) is 19.9. The first-order chi connectivity index (χ1) is 14.8. The minimum Gasteiger partial charge on any atom is -0.393 e. The molecule has 0 unspecified atom stereocenters. The summed E-state index contributed by atoms with van der Waals surface area (Å²) in [4.78, 5) is 2.28. The van der Waals surface area contributed by atoms with Gasteiger partial charge in [-0.1, -0.05) is 37.1 Å². The predicted octanol–water partition coefficient (Wildman–Crippen LogP) is 5.18. The SMILES string of the molecule is C[C@H](CN1CC[C@H](C(F)F)C1)[C@H]1CC[C@H]2/C(=C/C=C3C[C@@H](O)C[C@H](O)C3)CCC[C@]12C. The quantitative estimate of drug-likeness (QED) is 0.623. The Bertz CT molecular complexity index is 681. The Hall–Kier alpha value is -0.780. The van der Waals surface area contributed by atoms with E-state index in [1.807, 2.05) is 0 Å². The van der Waals surface area contributed by atoms with Crippen LogP contribution in [-0.4, -0.2) is 53.4 Å². The van der Waals surface area contributed by atoms with Crippen LogP contribution in [0.5, 0.6) is 0 Å². The standard InChI is InChI=1S/C26H41F2NO2/c1-17(15-29-11-9-20(16-29)25(27)28)23-7-8-24-19(4-3-10-26(23,24)2)6-5-18-12-21(30)14-22(31)13-18/h5-6,17,20-25,30-31H,3-4,7-16H2,1-2H3/b19-6+/t17-,20+,21-,22-,23-,24+,26-/m1/s1. The number of halogens is 2. The molecule has 7 atom stereocenters. The lowest BCUT2D eigenvalue weighted by molar-refractivity contribution is 0.0609. The van der Waals surface area contributed by atoms with Gasteiger partial charge in [-0.15, -0.1) is 0 Å². The molecule has 4 rings (SSSR count). The Morgan fingerprint density at radius 2 is 1.87 bits per heavy atom. The van der Waals surface area contributed by atoms with Gasteiger partial charge in [-0.3, -0.25) is 0 Å². The van der Waals surface area contributed by atoms with Crippen LogP contribution in [0, 0.1) is 29.1 Å². The molecule has 1 heterocycles. The minimum atomic E-state index is -2.18. The zero-order chi connectivity index (χ0) is 22.2. The number of fused-ring (bicyclic) bond motifs is 1. The molecule has 176 valence electrons. The summed E-state index contributed by atoms with van der Waals surface area (Å²) in [5.41, 5.74) is 3.01. The van der Waals surface area contributed by atoms with Gasteiger partial charge in [-0.05, 0) is 87.5 Å². The van der Waals surface area contributed by atoms with Crippen LogP contribution in [0.25, 0.3) is 0 Å². The topological polar surface area (TPSA) is 43.7 Å². The molecule has 3 aliphatic carbocycles. The molecular formula is C26H41F2NO2. The molecular weight excluding hydrogens is 396 g/mol. The number of allylic oxidation sites excluding steroid dienone is 3. The van der Waals surface area contributed by atoms with Gasteiger partial charge in [0.05, 0.1) is 12.2 Å². The van der Waals surface area contributed by atoms with Crippen molar-refractivity contribution in [2.75, 3.05) is 19.6 Å². The van der Waals surface area contributed by atoms with Gasteiger partial charge in [0.1, 0.15) is 0 Å². The van der Waals surface area contributed by atoms with E-state index in [-0.39, 0.29) is 0 Å². The second-order valence-corrected chi connectivity index (χ2v) is 11.2. The molecule has 3 nitrogen and oxygen atoms in total. The van der Waals surface area contributed by atoms with Crippen LogP contribution in [0.4, 0.5) is 8.78 Å². The predicted molar refractivity (Wildman–Crippen MR) is 120 cm³/mol. The van der Waals surface area contributed by atoms with Crippen molar-refractivity contribution in [3.63, 3.8) is 0 Å². The molecule has 31 heavy (non-hydrogen) atoms. The van der Waals surface area contributed by atoms with Crippen LogP contribution in [-0.2, 0) is 0 Å². The Morgan fingerprint density at radius 3 is 2.55 bits per heavy atom. The maximum Gasteiger partial charge on any atom is 0.242 e. The number of hydrogen-bond donors (Lipinski definition) is 2. The Kier molecular flexibility index (Phi) is 7.24. The molecule has 4 aliphatic rings. The minimum absolute atomic E-state index is 0.301. The fourth-order valence-corrected chi connectivity index (χ4v) is 7.51. The zero-order valence-electron chi connectivity index (χ0n) is 19.3. The van der Waals surface area contributed by atoms with E-state index >= 15 is 0 Å². The summed E-state index contributed by atoms with van der Waals surface area (Å²) in [6, 6.07) is 0. The first-order valence-corrected chi connectivity index (χ1v) is 12.5. The molecule has 1 aliphatic heterocycles. The smallest absolute Gasteiger partial charge is 0.242 e. The number of aliphatic hydroxyl groups is 2. The van der Waals surface area contributed by atoms with Crippen molar-refractivity contribution in [2.24, 2.45) is 29.1 Å². The van der Waals surface area contributed by atoms with Crippen LogP contribution in [0.3, 0.4) is 0 Å². The van der Waals surface area contributed by atoms with E-state index < -0.39 is 24.6 Å². The molecule has 0 spiro atoms. The van der Waals surface area contributed by atoms with Crippen molar-refractivity contribution >= 4 is 0 Å². The molecule has 1 saturated heterocycles. The average Bonchev–Trinajstić information content (AvgIpc) is 3.29. The number of rotatable bonds is 5. The summed E-state index contributed by atoms with van der Waals surface area (Å²) in [5.74, 6) is 1.36. The molecule has 0 aromatic rings. The summed E-state index contributed by atoms with van der Waals surface area (Å²) < 4.78 is 26.1. The van der Waals surface area contributed by atoms with E-state index in [9.17, 15) is 19.0 Å². The maximum absolute atomic E-state index is 13.1. The number of likely N-dealkylation sites (tertiary alicyclic amines) is 1. The molecule has 0 bridgehead atoms. The van der Waals surface area contributed by atoms with E-state index in [1.54, 1.807) is 5.57 Å². The first kappa shape index (κ1) is 23.4. The molecule has 0 radical (unpaired) electrons. The van der Waals surface area contributed by atoms with Gasteiger partial charge in [-0.25, -0.2) is 8.78 Å². The molecule has 3 saturated carbocycles. The molecule has 0 aromatic carbocycles. The Balaban J connectivity index is 1.41. The van der Waals surface area contributed by atoms with Crippen molar-refractivity contribution in [3.05, 3.63) is 23.3 Å². The third-order valence-electron chi connectivity index (χ3n) is 9.01. The van der Waals surface area contributed by atoms with Gasteiger partial charge in [0.25, 0.3) is 0 Å². The highest BCUT2D eigenvalue weighted by Gasteiger charge is 2.51. The normalized spacial score (nSPS) is 41.7. The molecule has 0 amide bonds. The number of aliphatic hydroxyl groups excluding tert-OH is 2. The van der Waals surface area contributed by atoms with Crippen molar-refractivity contribution < 1.29 is 19.0 Å². The highest BCUT2D eigenvalue weighted by molar-refractivity contribution is 5.26. The molecule has 5 heteroatoms. The van der Waals surface area contributed by atoms with E-state index in [4.69, 9.17) is 0 Å². The van der Waals surface area contributed by atoms with Gasteiger partial charge in [0.2, 0.25) is 6.43 Å².